The van der Waals surface area contributed by atoms with Crippen LogP contribution < -0.4 is 5.73 Å². The Kier molecular flexibility index (Phi) is 5.00. The van der Waals surface area contributed by atoms with E-state index in [1.807, 2.05) is 29.7 Å². The number of nitrogens with zero attached hydrogens (tertiary/aromatic N) is 7. The predicted octanol–water partition coefficient (Wildman–Crippen LogP) is 1.87. The second kappa shape index (κ2) is 7.76. The van der Waals surface area contributed by atoms with Crippen LogP contribution in [0.15, 0.2) is 36.9 Å². The predicted molar refractivity (Wildman–Crippen MR) is 106 cm³/mol. The number of imidazole rings is 1. The minimum absolute atomic E-state index is 0.0448. The summed E-state index contributed by atoms with van der Waals surface area (Å²) in [5.74, 6) is 0.203. The van der Waals surface area contributed by atoms with E-state index in [2.05, 4.69) is 25.1 Å². The molecule has 4 heterocycles. The van der Waals surface area contributed by atoms with Gasteiger partial charge in [0.2, 0.25) is 5.82 Å². The number of nitrogen functional groups attached to an aromatic ring is 1. The molecule has 0 aliphatic carbocycles. The van der Waals surface area contributed by atoms with Crippen LogP contribution in [-0.2, 0) is 4.74 Å². The number of nitrogens with two attached hydrogens (primary N) is 1. The van der Waals surface area contributed by atoms with Gasteiger partial charge in [-0.2, -0.15) is 10.2 Å². The van der Waals surface area contributed by atoms with Gasteiger partial charge in [-0.25, -0.2) is 15.0 Å². The van der Waals surface area contributed by atoms with E-state index < -0.39 is 0 Å². The molecule has 0 aromatic carbocycles. The first-order valence-corrected chi connectivity index (χ1v) is 9.09. The molecule has 29 heavy (non-hydrogen) atoms. The van der Waals surface area contributed by atoms with Gasteiger partial charge in [0.15, 0.2) is 11.6 Å². The zero-order chi connectivity index (χ0) is 20.4. The topological polar surface area (TPSA) is 126 Å². The highest BCUT2D eigenvalue weighted by molar-refractivity contribution is 5.98. The SMILES string of the molecule is COCCCC(=O)c1nc(-c2ccc3ncc(C)n3c2)c(-n2nccn2)nc1N. The van der Waals surface area contributed by atoms with E-state index in [9.17, 15) is 4.79 Å². The summed E-state index contributed by atoms with van der Waals surface area (Å²) in [6, 6.07) is 3.74. The quantitative estimate of drug-likeness (QED) is 0.373. The number of aryl methyl sites for hydroxylation is 1. The molecule has 148 valence electrons. The monoisotopic (exact) mass is 392 g/mol. The summed E-state index contributed by atoms with van der Waals surface area (Å²) in [6.45, 7) is 2.44. The molecule has 0 saturated carbocycles. The lowest BCUT2D eigenvalue weighted by Crippen LogP contribution is -2.15. The number of pyridine rings is 1. The van der Waals surface area contributed by atoms with E-state index in [4.69, 9.17) is 10.5 Å². The highest BCUT2D eigenvalue weighted by Gasteiger charge is 2.21. The van der Waals surface area contributed by atoms with E-state index in [-0.39, 0.29) is 23.7 Å². The van der Waals surface area contributed by atoms with Crippen LogP contribution in [0.25, 0.3) is 22.7 Å². The molecule has 0 unspecified atom stereocenters. The van der Waals surface area contributed by atoms with Gasteiger partial charge in [0.1, 0.15) is 17.0 Å². The molecule has 10 heteroatoms. The first-order chi connectivity index (χ1) is 14.1. The Labute approximate surface area is 166 Å². The summed E-state index contributed by atoms with van der Waals surface area (Å²) in [4.78, 5) is 27.3. The highest BCUT2D eigenvalue weighted by atomic mass is 16.5. The van der Waals surface area contributed by atoms with E-state index in [0.717, 1.165) is 16.9 Å². The molecule has 0 atom stereocenters. The zero-order valence-corrected chi connectivity index (χ0v) is 16.1. The Morgan fingerprint density at radius 2 is 2.00 bits per heavy atom. The summed E-state index contributed by atoms with van der Waals surface area (Å²) < 4.78 is 6.95. The minimum atomic E-state index is -0.187. The van der Waals surface area contributed by atoms with Crippen LogP contribution in [0.1, 0.15) is 29.0 Å². The summed E-state index contributed by atoms with van der Waals surface area (Å²) in [7, 11) is 1.59. The number of methoxy groups -OCH3 is 1. The van der Waals surface area contributed by atoms with Crippen LogP contribution in [0, 0.1) is 6.92 Å². The number of fused-ring (bicyclic) bond motifs is 1. The number of hydrogen-bond acceptors (Lipinski definition) is 8. The third-order valence-electron chi connectivity index (χ3n) is 4.49. The van der Waals surface area contributed by atoms with E-state index in [0.29, 0.717) is 24.5 Å². The minimum Gasteiger partial charge on any atom is -0.385 e. The molecule has 4 rings (SSSR count). The molecule has 0 aliphatic heterocycles. The Hall–Kier alpha value is -3.66. The van der Waals surface area contributed by atoms with E-state index in [1.165, 1.54) is 17.2 Å². The van der Waals surface area contributed by atoms with E-state index >= 15 is 0 Å². The third-order valence-corrected chi connectivity index (χ3v) is 4.49. The van der Waals surface area contributed by atoms with Crippen LogP contribution in [0.3, 0.4) is 0 Å². The molecule has 0 amide bonds. The molecule has 4 aromatic rings. The summed E-state index contributed by atoms with van der Waals surface area (Å²) in [6.07, 6.45) is 7.60. The normalized spacial score (nSPS) is 11.2. The Bertz CT molecular complexity index is 1170. The Morgan fingerprint density at radius 3 is 2.76 bits per heavy atom. The molecule has 0 spiro atoms. The number of anilines is 1. The maximum atomic E-state index is 12.7. The molecule has 10 nitrogen and oxygen atoms in total. The maximum absolute atomic E-state index is 12.7. The number of Topliss-reactive ketones (excluding diaryl/α,β-unsaturated/α-hetero) is 1. The van der Waals surface area contributed by atoms with Crippen molar-refractivity contribution in [2.45, 2.75) is 19.8 Å². The second-order valence-electron chi connectivity index (χ2n) is 6.51. The zero-order valence-electron chi connectivity index (χ0n) is 16.1. The van der Waals surface area contributed by atoms with Gasteiger partial charge in [-0.05, 0) is 25.5 Å². The van der Waals surface area contributed by atoms with Crippen molar-refractivity contribution in [3.8, 4) is 17.1 Å². The van der Waals surface area contributed by atoms with Crippen molar-refractivity contribution < 1.29 is 9.53 Å². The molecule has 0 saturated heterocycles. The molecule has 0 radical (unpaired) electrons. The molecular formula is C19H20N8O2. The van der Waals surface area contributed by atoms with Gasteiger partial charge in [-0.15, -0.1) is 4.80 Å². The van der Waals surface area contributed by atoms with Crippen molar-refractivity contribution in [2.75, 3.05) is 19.5 Å². The van der Waals surface area contributed by atoms with Crippen LogP contribution in [0.4, 0.5) is 5.82 Å². The van der Waals surface area contributed by atoms with Gasteiger partial charge in [0, 0.05) is 43.8 Å². The van der Waals surface area contributed by atoms with Gasteiger partial charge in [-0.3, -0.25) is 4.79 Å². The fourth-order valence-electron chi connectivity index (χ4n) is 3.04. The van der Waals surface area contributed by atoms with Crippen LogP contribution in [0.2, 0.25) is 0 Å². The summed E-state index contributed by atoms with van der Waals surface area (Å²) >= 11 is 0. The average molecular weight is 392 g/mol. The fourth-order valence-corrected chi connectivity index (χ4v) is 3.04. The average Bonchev–Trinajstić information content (AvgIpc) is 3.38. The fraction of sp³-hybridized carbons (Fsp3) is 0.263. The molecule has 0 aliphatic rings. The molecule has 4 aromatic heterocycles. The summed E-state index contributed by atoms with van der Waals surface area (Å²) in [5.41, 5.74) is 9.18. The Morgan fingerprint density at radius 1 is 1.21 bits per heavy atom. The second-order valence-corrected chi connectivity index (χ2v) is 6.51. The number of rotatable bonds is 7. The van der Waals surface area contributed by atoms with Crippen LogP contribution in [0.5, 0.6) is 0 Å². The van der Waals surface area contributed by atoms with Gasteiger partial charge in [-0.1, -0.05) is 0 Å². The highest BCUT2D eigenvalue weighted by Crippen LogP contribution is 2.26. The van der Waals surface area contributed by atoms with Crippen molar-refractivity contribution in [3.05, 3.63) is 48.3 Å². The first kappa shape index (κ1) is 18.7. The smallest absolute Gasteiger partial charge is 0.202 e. The van der Waals surface area contributed by atoms with Crippen LogP contribution >= 0.6 is 0 Å². The lowest BCUT2D eigenvalue weighted by molar-refractivity contribution is 0.0959. The van der Waals surface area contributed by atoms with Crippen molar-refractivity contribution in [3.63, 3.8) is 0 Å². The van der Waals surface area contributed by atoms with Crippen molar-refractivity contribution in [1.82, 2.24) is 34.3 Å². The van der Waals surface area contributed by atoms with Crippen molar-refractivity contribution in [2.24, 2.45) is 0 Å². The number of carbonyl (C=O) groups excluding carboxylic acids is 1. The third kappa shape index (κ3) is 3.57. The number of ketones is 1. The number of hydrogen-bond donors (Lipinski definition) is 1. The molecule has 0 bridgehead atoms. The Balaban J connectivity index is 1.85. The molecule has 2 N–H and O–H groups in total. The van der Waals surface area contributed by atoms with Crippen molar-refractivity contribution in [1.29, 1.82) is 0 Å². The van der Waals surface area contributed by atoms with Gasteiger partial charge in [0.25, 0.3) is 0 Å². The van der Waals surface area contributed by atoms with Gasteiger partial charge >= 0.3 is 0 Å². The largest absolute Gasteiger partial charge is 0.385 e. The number of aromatic nitrogens is 7. The van der Waals surface area contributed by atoms with Gasteiger partial charge in [0.05, 0.1) is 12.4 Å². The number of carbonyl (C=O) groups is 1. The number of ether oxygens (including phenoxy) is 1. The molecule has 0 fully saturated rings. The first-order valence-electron chi connectivity index (χ1n) is 9.09. The van der Waals surface area contributed by atoms with Gasteiger partial charge < -0.3 is 14.9 Å². The molecular weight excluding hydrogens is 372 g/mol. The summed E-state index contributed by atoms with van der Waals surface area (Å²) in [5, 5.41) is 8.29. The maximum Gasteiger partial charge on any atom is 0.202 e. The van der Waals surface area contributed by atoms with E-state index in [1.54, 1.807) is 13.3 Å². The lowest BCUT2D eigenvalue weighted by atomic mass is 10.1. The lowest BCUT2D eigenvalue weighted by Gasteiger charge is -2.12. The van der Waals surface area contributed by atoms with Crippen LogP contribution in [-0.4, -0.2) is 53.8 Å². The standard InChI is InChI=1S/C19H20N8O2/c1-12-10-21-15-6-5-13(11-26(12)15)16-19(27-22-7-8-23-27)25-18(20)17(24-16)14(28)4-3-9-29-2/h5-8,10-11H,3-4,9H2,1-2H3,(H2,20,25). The van der Waals surface area contributed by atoms with Crippen molar-refractivity contribution >= 4 is 17.2 Å².